The Morgan fingerprint density at radius 1 is 1.62 bits per heavy atom. The summed E-state index contributed by atoms with van der Waals surface area (Å²) in [5.74, 6) is 3.01. The van der Waals surface area contributed by atoms with E-state index in [0.717, 1.165) is 25.6 Å². The summed E-state index contributed by atoms with van der Waals surface area (Å²) >= 11 is 0. The second kappa shape index (κ2) is 8.72. The minimum Gasteiger partial charge on any atom is -0.392 e. The third kappa shape index (κ3) is 6.02. The molecule has 88 valence electrons. The van der Waals surface area contributed by atoms with Crippen LogP contribution in [0.25, 0.3) is 0 Å². The molecule has 0 aliphatic rings. The number of nitrogens with one attached hydrogen (secondary N) is 2. The molecule has 0 amide bonds. The summed E-state index contributed by atoms with van der Waals surface area (Å²) in [6.45, 7) is 4.11. The molecule has 0 saturated carbocycles. The van der Waals surface area contributed by atoms with Gasteiger partial charge in [-0.15, -0.1) is 12.3 Å². The minimum absolute atomic E-state index is 0.262. The third-order valence-electron chi connectivity index (χ3n) is 2.50. The summed E-state index contributed by atoms with van der Waals surface area (Å²) < 4.78 is 0. The van der Waals surface area contributed by atoms with Crippen molar-refractivity contribution in [1.82, 2.24) is 5.32 Å². The van der Waals surface area contributed by atoms with E-state index in [0.29, 0.717) is 0 Å². The normalized spacial score (nSPS) is 14.1. The maximum Gasteiger partial charge on any atom is 0.106 e. The molecule has 0 rings (SSSR count). The molecule has 0 unspecified atom stereocenters. The third-order valence-corrected chi connectivity index (χ3v) is 2.50. The average molecular weight is 219 g/mol. The largest absolute Gasteiger partial charge is 0.392 e. The van der Waals surface area contributed by atoms with Crippen LogP contribution < -0.4 is 5.32 Å². The van der Waals surface area contributed by atoms with Crippen molar-refractivity contribution in [2.75, 3.05) is 7.05 Å². The Balaban J connectivity index is 4.41. The molecule has 0 aromatic rings. The Labute approximate surface area is 98.6 Å². The maximum atomic E-state index is 6.78. The molecule has 0 spiro atoms. The van der Waals surface area contributed by atoms with Crippen molar-refractivity contribution < 1.29 is 0 Å². The van der Waals surface area contributed by atoms with Crippen LogP contribution in [0.15, 0.2) is 16.3 Å². The fourth-order valence-corrected chi connectivity index (χ4v) is 1.41. The van der Waals surface area contributed by atoms with E-state index in [4.69, 9.17) is 11.8 Å². The number of hydrogen-bond donors (Lipinski definition) is 2. The molecule has 0 heterocycles. The first-order valence-electron chi connectivity index (χ1n) is 5.48. The van der Waals surface area contributed by atoms with Gasteiger partial charge in [-0.2, -0.15) is 0 Å². The van der Waals surface area contributed by atoms with Crippen LogP contribution in [0.5, 0.6) is 0 Å². The van der Waals surface area contributed by atoms with Gasteiger partial charge in [-0.05, 0) is 31.8 Å². The molecule has 0 aliphatic carbocycles. The van der Waals surface area contributed by atoms with Crippen molar-refractivity contribution >= 4 is 12.6 Å². The molecule has 0 fully saturated rings. The van der Waals surface area contributed by atoms with Gasteiger partial charge in [-0.25, -0.2) is 4.99 Å². The maximum absolute atomic E-state index is 6.78. The number of allylic oxidation sites excluding steroid dienone is 2. The summed E-state index contributed by atoms with van der Waals surface area (Å²) in [6.07, 6.45) is 10.9. The fourth-order valence-electron chi connectivity index (χ4n) is 1.41. The fraction of sp³-hybridized carbons (Fsp3) is 0.538. The van der Waals surface area contributed by atoms with Crippen molar-refractivity contribution in [3.05, 3.63) is 11.3 Å². The smallest absolute Gasteiger partial charge is 0.106 e. The van der Waals surface area contributed by atoms with E-state index < -0.39 is 0 Å². The lowest BCUT2D eigenvalue weighted by Gasteiger charge is -2.13. The van der Waals surface area contributed by atoms with E-state index in [1.165, 1.54) is 11.3 Å². The molecule has 0 bridgehead atoms. The van der Waals surface area contributed by atoms with E-state index in [1.807, 2.05) is 7.05 Å². The van der Waals surface area contributed by atoms with E-state index in [2.05, 4.69) is 30.1 Å². The Hall–Kier alpha value is -1.56. The van der Waals surface area contributed by atoms with Crippen LogP contribution in [0.2, 0.25) is 0 Å². The van der Waals surface area contributed by atoms with Crippen molar-refractivity contribution in [3.8, 4) is 12.3 Å². The summed E-state index contributed by atoms with van der Waals surface area (Å²) in [5, 5.41) is 9.94. The Kier molecular flexibility index (Phi) is 7.87. The molecule has 1 atom stereocenters. The molecule has 0 aliphatic heterocycles. The molecule has 2 N–H and O–H groups in total. The minimum atomic E-state index is 0.262. The molecule has 0 saturated heterocycles. The van der Waals surface area contributed by atoms with Crippen LogP contribution in [0.4, 0.5) is 0 Å². The van der Waals surface area contributed by atoms with Gasteiger partial charge in [0.05, 0.1) is 0 Å². The zero-order valence-electron chi connectivity index (χ0n) is 10.4. The first-order valence-corrected chi connectivity index (χ1v) is 5.48. The van der Waals surface area contributed by atoms with Gasteiger partial charge in [0.25, 0.3) is 0 Å². The molecule has 16 heavy (non-hydrogen) atoms. The van der Waals surface area contributed by atoms with Crippen molar-refractivity contribution in [1.29, 1.82) is 5.41 Å². The monoisotopic (exact) mass is 219 g/mol. The van der Waals surface area contributed by atoms with Gasteiger partial charge in [0, 0.05) is 24.9 Å². The number of nitrogens with zero attached hydrogens (tertiary/aromatic N) is 1. The zero-order chi connectivity index (χ0) is 12.4. The van der Waals surface area contributed by atoms with Crippen molar-refractivity contribution in [3.63, 3.8) is 0 Å². The van der Waals surface area contributed by atoms with Gasteiger partial charge in [0.1, 0.15) is 6.34 Å². The van der Waals surface area contributed by atoms with E-state index in [9.17, 15) is 0 Å². The highest BCUT2D eigenvalue weighted by atomic mass is 14.8. The zero-order valence-corrected chi connectivity index (χ0v) is 10.4. The average Bonchev–Trinajstić information content (AvgIpc) is 2.31. The van der Waals surface area contributed by atoms with E-state index in [-0.39, 0.29) is 5.92 Å². The van der Waals surface area contributed by atoms with Gasteiger partial charge in [-0.3, -0.25) is 5.41 Å². The van der Waals surface area contributed by atoms with E-state index >= 15 is 0 Å². The van der Waals surface area contributed by atoms with Crippen LogP contribution in [0.1, 0.15) is 33.1 Å². The molecule has 0 aromatic carbocycles. The Morgan fingerprint density at radius 2 is 2.31 bits per heavy atom. The molecular weight excluding hydrogens is 198 g/mol. The first kappa shape index (κ1) is 14.4. The second-order valence-electron chi connectivity index (χ2n) is 3.75. The van der Waals surface area contributed by atoms with Crippen LogP contribution in [0, 0.1) is 23.7 Å². The van der Waals surface area contributed by atoms with E-state index in [1.54, 1.807) is 6.21 Å². The highest BCUT2D eigenvalue weighted by Gasteiger charge is 2.05. The lowest BCUT2D eigenvalue weighted by Crippen LogP contribution is -2.08. The van der Waals surface area contributed by atoms with Crippen LogP contribution in [-0.4, -0.2) is 19.6 Å². The van der Waals surface area contributed by atoms with Crippen molar-refractivity contribution in [2.24, 2.45) is 10.9 Å². The van der Waals surface area contributed by atoms with Crippen LogP contribution >= 0.6 is 0 Å². The standard InChI is InChI=1S/C13H21N3/c1-5-11(2)9-13(12(3)15-4)7-6-8-16-10-14/h1,8,10-11,14-15H,6-7,9H2,2-4H3/b13-12-,14-10?,16-8+/t11-/m0/s1. The predicted molar refractivity (Wildman–Crippen MR) is 70.9 cm³/mol. The van der Waals surface area contributed by atoms with Crippen LogP contribution in [-0.2, 0) is 0 Å². The van der Waals surface area contributed by atoms with Crippen molar-refractivity contribution in [2.45, 2.75) is 33.1 Å². The summed E-state index contributed by atoms with van der Waals surface area (Å²) in [5.41, 5.74) is 2.52. The molecule has 0 aromatic heterocycles. The molecule has 0 radical (unpaired) electrons. The quantitative estimate of drug-likeness (QED) is 0.386. The highest BCUT2D eigenvalue weighted by molar-refractivity contribution is 5.70. The molecular formula is C13H21N3. The lowest BCUT2D eigenvalue weighted by molar-refractivity contribution is 0.698. The first-order chi connectivity index (χ1) is 7.65. The van der Waals surface area contributed by atoms with Gasteiger partial charge in [-0.1, -0.05) is 6.92 Å². The van der Waals surface area contributed by atoms with Gasteiger partial charge in [0.15, 0.2) is 0 Å². The summed E-state index contributed by atoms with van der Waals surface area (Å²) in [7, 11) is 1.92. The number of terminal acetylenes is 1. The predicted octanol–water partition coefficient (Wildman–Crippen LogP) is 2.60. The van der Waals surface area contributed by atoms with Gasteiger partial charge < -0.3 is 5.32 Å². The Morgan fingerprint density at radius 3 is 2.81 bits per heavy atom. The topological polar surface area (TPSA) is 48.2 Å². The molecule has 3 nitrogen and oxygen atoms in total. The highest BCUT2D eigenvalue weighted by Crippen LogP contribution is 2.18. The van der Waals surface area contributed by atoms with Crippen LogP contribution in [0.3, 0.4) is 0 Å². The second-order valence-corrected chi connectivity index (χ2v) is 3.75. The SMILES string of the molecule is C#C[C@H](C)C/C(CC/C=N/C=N)=C(/C)NC. The van der Waals surface area contributed by atoms with Gasteiger partial charge >= 0.3 is 0 Å². The number of rotatable bonds is 7. The lowest BCUT2D eigenvalue weighted by atomic mass is 9.97. The summed E-state index contributed by atoms with van der Waals surface area (Å²) in [4.78, 5) is 3.76. The number of hydrogen-bond acceptors (Lipinski definition) is 2. The Bertz CT molecular complexity index is 308. The summed E-state index contributed by atoms with van der Waals surface area (Å²) in [6, 6.07) is 0. The van der Waals surface area contributed by atoms with Gasteiger partial charge in [0.2, 0.25) is 0 Å². The number of aliphatic imine (C=N–C) groups is 1. The molecule has 3 heteroatoms.